The van der Waals surface area contributed by atoms with Crippen molar-refractivity contribution in [3.63, 3.8) is 0 Å². The summed E-state index contributed by atoms with van der Waals surface area (Å²) < 4.78 is 0. The lowest BCUT2D eigenvalue weighted by Gasteiger charge is -2.14. The summed E-state index contributed by atoms with van der Waals surface area (Å²) in [4.78, 5) is 24.3. The lowest BCUT2D eigenvalue weighted by molar-refractivity contribution is -0.116. The van der Waals surface area contributed by atoms with Crippen molar-refractivity contribution >= 4 is 28.9 Å². The summed E-state index contributed by atoms with van der Waals surface area (Å²) in [5.41, 5.74) is 9.89. The summed E-state index contributed by atoms with van der Waals surface area (Å²) in [6, 6.07) is 10.7. The van der Waals surface area contributed by atoms with E-state index in [1.165, 1.54) is 0 Å². The molecule has 0 spiro atoms. The first-order chi connectivity index (χ1) is 11.4. The van der Waals surface area contributed by atoms with Gasteiger partial charge in [-0.2, -0.15) is 0 Å². The van der Waals surface area contributed by atoms with Crippen LogP contribution < -0.4 is 16.4 Å². The maximum absolute atomic E-state index is 12.5. The molecule has 0 heterocycles. The number of hydrogen-bond acceptors (Lipinski definition) is 3. The molecule has 0 unspecified atom stereocenters. The van der Waals surface area contributed by atoms with Crippen molar-refractivity contribution in [1.29, 1.82) is 0 Å². The van der Waals surface area contributed by atoms with Gasteiger partial charge in [-0.3, -0.25) is 9.59 Å². The van der Waals surface area contributed by atoms with Crippen molar-refractivity contribution in [3.8, 4) is 0 Å². The first-order valence-corrected chi connectivity index (χ1v) is 7.99. The van der Waals surface area contributed by atoms with Crippen molar-refractivity contribution < 1.29 is 9.59 Å². The van der Waals surface area contributed by atoms with Crippen molar-refractivity contribution in [2.45, 2.75) is 33.6 Å². The standard InChI is InChI=1S/C19H23N3O2/c1-4-6-18(23)21-16-7-5-8-17(13(16)3)22-19(24)15-11-14(20)10-9-12(15)2/h5,7-11H,4,6,20H2,1-3H3,(H,21,23)(H,22,24). The molecule has 4 N–H and O–H groups in total. The van der Waals surface area contributed by atoms with Gasteiger partial charge >= 0.3 is 0 Å². The van der Waals surface area contributed by atoms with E-state index in [2.05, 4.69) is 10.6 Å². The van der Waals surface area contributed by atoms with Crippen LogP contribution in [0.3, 0.4) is 0 Å². The van der Waals surface area contributed by atoms with Gasteiger partial charge in [-0.25, -0.2) is 0 Å². The summed E-state index contributed by atoms with van der Waals surface area (Å²) >= 11 is 0. The minimum absolute atomic E-state index is 0.0317. The van der Waals surface area contributed by atoms with Crippen LogP contribution in [0.1, 0.15) is 41.3 Å². The van der Waals surface area contributed by atoms with Gasteiger partial charge < -0.3 is 16.4 Å². The number of nitrogens with one attached hydrogen (secondary N) is 2. The third kappa shape index (κ3) is 4.13. The predicted molar refractivity (Wildman–Crippen MR) is 98.3 cm³/mol. The lowest BCUT2D eigenvalue weighted by Crippen LogP contribution is -2.16. The Balaban J connectivity index is 2.22. The van der Waals surface area contributed by atoms with Gasteiger partial charge in [0.05, 0.1) is 0 Å². The van der Waals surface area contributed by atoms with Gasteiger partial charge in [-0.1, -0.05) is 19.1 Å². The molecule has 0 bridgehead atoms. The quantitative estimate of drug-likeness (QED) is 0.729. The number of rotatable bonds is 5. The maximum atomic E-state index is 12.5. The highest BCUT2D eigenvalue weighted by molar-refractivity contribution is 6.06. The van der Waals surface area contributed by atoms with Crippen molar-refractivity contribution in [3.05, 3.63) is 53.1 Å². The fraction of sp³-hybridized carbons (Fsp3) is 0.263. The number of anilines is 3. The Bertz CT molecular complexity index is 769. The summed E-state index contributed by atoms with van der Waals surface area (Å²) in [6.45, 7) is 5.68. The molecule has 5 nitrogen and oxygen atoms in total. The number of nitrogens with two attached hydrogens (primary N) is 1. The zero-order valence-electron chi connectivity index (χ0n) is 14.3. The molecule has 0 aliphatic rings. The largest absolute Gasteiger partial charge is 0.399 e. The fourth-order valence-corrected chi connectivity index (χ4v) is 2.42. The van der Waals surface area contributed by atoms with Gasteiger partial charge in [0.2, 0.25) is 5.91 Å². The molecular formula is C19H23N3O2. The van der Waals surface area contributed by atoms with Crippen LogP contribution in [-0.2, 0) is 4.79 Å². The molecule has 2 aromatic carbocycles. The molecule has 24 heavy (non-hydrogen) atoms. The van der Waals surface area contributed by atoms with E-state index in [-0.39, 0.29) is 11.8 Å². The molecule has 0 radical (unpaired) electrons. The Morgan fingerprint density at radius 3 is 2.38 bits per heavy atom. The number of benzene rings is 2. The van der Waals surface area contributed by atoms with Crippen molar-refractivity contribution in [1.82, 2.24) is 0 Å². The van der Waals surface area contributed by atoms with Crippen LogP contribution in [0.15, 0.2) is 36.4 Å². The van der Waals surface area contributed by atoms with Gasteiger partial charge in [-0.15, -0.1) is 0 Å². The second-order valence-electron chi connectivity index (χ2n) is 5.80. The zero-order valence-corrected chi connectivity index (χ0v) is 14.3. The molecule has 0 aliphatic carbocycles. The zero-order chi connectivity index (χ0) is 17.7. The van der Waals surface area contributed by atoms with E-state index in [1.807, 2.05) is 39.0 Å². The fourth-order valence-electron chi connectivity index (χ4n) is 2.42. The molecule has 2 aromatic rings. The van der Waals surface area contributed by atoms with Gasteiger partial charge in [-0.05, 0) is 55.7 Å². The van der Waals surface area contributed by atoms with Crippen LogP contribution in [0.25, 0.3) is 0 Å². The first-order valence-electron chi connectivity index (χ1n) is 7.99. The Labute approximate surface area is 142 Å². The maximum Gasteiger partial charge on any atom is 0.256 e. The Morgan fingerprint density at radius 2 is 1.71 bits per heavy atom. The van der Waals surface area contributed by atoms with Gasteiger partial charge in [0.25, 0.3) is 5.91 Å². The van der Waals surface area contributed by atoms with E-state index in [9.17, 15) is 9.59 Å². The Hall–Kier alpha value is -2.82. The number of hydrogen-bond donors (Lipinski definition) is 3. The van der Waals surface area contributed by atoms with Crippen LogP contribution in [0.4, 0.5) is 17.1 Å². The predicted octanol–water partition coefficient (Wildman–Crippen LogP) is 3.88. The average Bonchev–Trinajstić information content (AvgIpc) is 2.53. The van der Waals surface area contributed by atoms with Gasteiger partial charge in [0, 0.05) is 29.0 Å². The van der Waals surface area contributed by atoms with Crippen molar-refractivity contribution in [2.75, 3.05) is 16.4 Å². The number of aryl methyl sites for hydroxylation is 1. The topological polar surface area (TPSA) is 84.2 Å². The molecule has 0 atom stereocenters. The van der Waals surface area contributed by atoms with Crippen LogP contribution in [0.5, 0.6) is 0 Å². The average molecular weight is 325 g/mol. The summed E-state index contributed by atoms with van der Waals surface area (Å²) in [5.74, 6) is -0.254. The normalized spacial score (nSPS) is 10.3. The summed E-state index contributed by atoms with van der Waals surface area (Å²) in [7, 11) is 0. The highest BCUT2D eigenvalue weighted by Gasteiger charge is 2.13. The van der Waals surface area contributed by atoms with Crippen LogP contribution in [0, 0.1) is 13.8 Å². The molecule has 0 aromatic heterocycles. The van der Waals surface area contributed by atoms with Crippen LogP contribution in [0.2, 0.25) is 0 Å². The molecule has 0 saturated carbocycles. The summed E-state index contributed by atoms with van der Waals surface area (Å²) in [5, 5.41) is 5.77. The molecule has 2 amide bonds. The van der Waals surface area contributed by atoms with Gasteiger partial charge in [0.15, 0.2) is 0 Å². The number of nitrogen functional groups attached to an aromatic ring is 1. The third-order valence-corrected chi connectivity index (χ3v) is 3.84. The molecule has 5 heteroatoms. The van der Waals surface area contributed by atoms with E-state index in [1.54, 1.807) is 18.2 Å². The van der Waals surface area contributed by atoms with Gasteiger partial charge in [0.1, 0.15) is 0 Å². The molecule has 2 rings (SSSR count). The Morgan fingerprint density at radius 1 is 1.04 bits per heavy atom. The lowest BCUT2D eigenvalue weighted by atomic mass is 10.1. The smallest absolute Gasteiger partial charge is 0.256 e. The van der Waals surface area contributed by atoms with E-state index in [4.69, 9.17) is 5.73 Å². The summed E-state index contributed by atoms with van der Waals surface area (Å²) in [6.07, 6.45) is 1.26. The molecule has 0 fully saturated rings. The van der Waals surface area contributed by atoms with E-state index < -0.39 is 0 Å². The van der Waals surface area contributed by atoms with E-state index in [0.717, 1.165) is 17.5 Å². The second-order valence-corrected chi connectivity index (χ2v) is 5.80. The minimum Gasteiger partial charge on any atom is -0.399 e. The minimum atomic E-state index is -0.222. The highest BCUT2D eigenvalue weighted by Crippen LogP contribution is 2.25. The highest BCUT2D eigenvalue weighted by atomic mass is 16.2. The van der Waals surface area contributed by atoms with Crippen LogP contribution >= 0.6 is 0 Å². The Kier molecular flexibility index (Phi) is 5.58. The van der Waals surface area contributed by atoms with E-state index >= 15 is 0 Å². The molecule has 126 valence electrons. The first kappa shape index (κ1) is 17.5. The second kappa shape index (κ2) is 7.64. The monoisotopic (exact) mass is 325 g/mol. The molecule has 0 saturated heterocycles. The SMILES string of the molecule is CCCC(=O)Nc1cccc(NC(=O)c2cc(N)ccc2C)c1C. The molecule has 0 aliphatic heterocycles. The van der Waals surface area contributed by atoms with Crippen LogP contribution in [-0.4, -0.2) is 11.8 Å². The number of carbonyl (C=O) groups is 2. The number of carbonyl (C=O) groups excluding carboxylic acids is 2. The number of amides is 2. The van der Waals surface area contributed by atoms with Crippen molar-refractivity contribution in [2.24, 2.45) is 0 Å². The molecular weight excluding hydrogens is 302 g/mol. The third-order valence-electron chi connectivity index (χ3n) is 3.84. The van der Waals surface area contributed by atoms with E-state index in [0.29, 0.717) is 29.0 Å².